The lowest BCUT2D eigenvalue weighted by Crippen LogP contribution is -2.53. The van der Waals surface area contributed by atoms with Gasteiger partial charge in [0.15, 0.2) is 0 Å². The summed E-state index contributed by atoms with van der Waals surface area (Å²) in [4.78, 5) is 23.2. The van der Waals surface area contributed by atoms with Crippen LogP contribution in [0.5, 0.6) is 0 Å². The Morgan fingerprint density at radius 2 is 1.81 bits per heavy atom. The van der Waals surface area contributed by atoms with Crippen LogP contribution in [0.4, 0.5) is 5.69 Å². The topological polar surface area (TPSA) is 110 Å². The van der Waals surface area contributed by atoms with Crippen LogP contribution < -0.4 is 11.1 Å². The fraction of sp³-hybridized carbons (Fsp3) is 0.333. The van der Waals surface area contributed by atoms with Crippen molar-refractivity contribution in [3.05, 3.63) is 24.3 Å². The third-order valence-electron chi connectivity index (χ3n) is 2.83. The first-order valence-electron chi connectivity index (χ1n) is 6.16. The monoisotopic (exact) mass is 329 g/mol. The van der Waals surface area contributed by atoms with E-state index in [9.17, 15) is 18.0 Å². The average molecular weight is 329 g/mol. The average Bonchev–Trinajstić information content (AvgIpc) is 2.40. The maximum atomic E-state index is 12.1. The molecular formula is C12H15N3O4S2. The van der Waals surface area contributed by atoms with Crippen LogP contribution in [0.15, 0.2) is 29.2 Å². The first kappa shape index (κ1) is 15.8. The highest BCUT2D eigenvalue weighted by Gasteiger charge is 2.31. The quantitative estimate of drug-likeness (QED) is 0.434. The standard InChI is InChI=1S/C12H15N3O4S2/c13-9-3-1-2-4-10(9)20-5-6-21(18,19)15-7-11(16)14-12(17)8-15/h1-4H,5-8,13H2,(H,14,16,17). The SMILES string of the molecule is Nc1ccccc1SCCS(=O)(=O)N1CC(=O)NC(=O)C1. The molecule has 2 rings (SSSR count). The van der Waals surface area contributed by atoms with Gasteiger partial charge in [0.1, 0.15) is 0 Å². The molecule has 0 bridgehead atoms. The van der Waals surface area contributed by atoms with Crippen molar-refractivity contribution in [3.8, 4) is 0 Å². The molecule has 1 heterocycles. The van der Waals surface area contributed by atoms with E-state index in [1.165, 1.54) is 11.8 Å². The number of sulfonamides is 1. The van der Waals surface area contributed by atoms with Crippen LogP contribution in [-0.2, 0) is 19.6 Å². The zero-order valence-electron chi connectivity index (χ0n) is 11.1. The van der Waals surface area contributed by atoms with E-state index >= 15 is 0 Å². The number of benzene rings is 1. The van der Waals surface area contributed by atoms with Crippen molar-refractivity contribution in [2.45, 2.75) is 4.90 Å². The van der Waals surface area contributed by atoms with Gasteiger partial charge in [0.25, 0.3) is 0 Å². The minimum Gasteiger partial charge on any atom is -0.398 e. The Morgan fingerprint density at radius 3 is 2.43 bits per heavy atom. The van der Waals surface area contributed by atoms with Gasteiger partial charge in [-0.3, -0.25) is 14.9 Å². The van der Waals surface area contributed by atoms with Crippen LogP contribution in [0.3, 0.4) is 0 Å². The van der Waals surface area contributed by atoms with E-state index in [4.69, 9.17) is 5.73 Å². The van der Waals surface area contributed by atoms with Crippen molar-refractivity contribution in [1.82, 2.24) is 9.62 Å². The molecule has 0 radical (unpaired) electrons. The van der Waals surface area contributed by atoms with E-state index in [0.717, 1.165) is 9.20 Å². The number of hydrogen-bond acceptors (Lipinski definition) is 6. The Morgan fingerprint density at radius 1 is 1.19 bits per heavy atom. The summed E-state index contributed by atoms with van der Waals surface area (Å²) >= 11 is 1.32. The predicted molar refractivity (Wildman–Crippen MR) is 80.1 cm³/mol. The molecule has 1 saturated heterocycles. The zero-order valence-corrected chi connectivity index (χ0v) is 12.7. The van der Waals surface area contributed by atoms with Gasteiger partial charge in [-0.05, 0) is 12.1 Å². The van der Waals surface area contributed by atoms with Crippen molar-refractivity contribution in [1.29, 1.82) is 0 Å². The molecule has 0 unspecified atom stereocenters. The fourth-order valence-electron chi connectivity index (χ4n) is 1.81. The molecular weight excluding hydrogens is 314 g/mol. The van der Waals surface area contributed by atoms with Crippen LogP contribution in [0, 0.1) is 0 Å². The number of carbonyl (C=O) groups excluding carboxylic acids is 2. The first-order chi connectivity index (χ1) is 9.88. The van der Waals surface area contributed by atoms with Crippen molar-refractivity contribution >= 4 is 39.3 Å². The minimum absolute atomic E-state index is 0.160. The molecule has 1 aromatic rings. The molecule has 1 aliphatic rings. The maximum absolute atomic E-state index is 12.1. The van der Waals surface area contributed by atoms with Gasteiger partial charge < -0.3 is 5.73 Å². The highest BCUT2D eigenvalue weighted by Crippen LogP contribution is 2.24. The van der Waals surface area contributed by atoms with Crippen LogP contribution >= 0.6 is 11.8 Å². The van der Waals surface area contributed by atoms with E-state index < -0.39 is 21.8 Å². The second-order valence-corrected chi connectivity index (χ2v) is 7.67. The lowest BCUT2D eigenvalue weighted by Gasteiger charge is -2.24. The maximum Gasteiger partial charge on any atom is 0.241 e. The fourth-order valence-corrected chi connectivity index (χ4v) is 4.50. The molecule has 7 nitrogen and oxygen atoms in total. The minimum atomic E-state index is -3.64. The van der Waals surface area contributed by atoms with E-state index in [1.54, 1.807) is 12.1 Å². The third kappa shape index (κ3) is 4.19. The van der Waals surface area contributed by atoms with Gasteiger partial charge in [0.2, 0.25) is 21.8 Å². The molecule has 21 heavy (non-hydrogen) atoms. The van der Waals surface area contributed by atoms with Crippen molar-refractivity contribution in [2.24, 2.45) is 0 Å². The van der Waals surface area contributed by atoms with Crippen molar-refractivity contribution in [3.63, 3.8) is 0 Å². The summed E-state index contributed by atoms with van der Waals surface area (Å²) in [7, 11) is -3.64. The molecule has 114 valence electrons. The number of carbonyl (C=O) groups is 2. The van der Waals surface area contributed by atoms with Gasteiger partial charge in [0, 0.05) is 16.3 Å². The van der Waals surface area contributed by atoms with E-state index in [1.807, 2.05) is 12.1 Å². The number of piperazine rings is 1. The number of amides is 2. The summed E-state index contributed by atoms with van der Waals surface area (Å²) in [6.07, 6.45) is 0. The second-order valence-electron chi connectivity index (χ2n) is 4.44. The smallest absolute Gasteiger partial charge is 0.241 e. The zero-order chi connectivity index (χ0) is 15.5. The second kappa shape index (κ2) is 6.46. The number of hydrogen-bond donors (Lipinski definition) is 2. The van der Waals surface area contributed by atoms with Gasteiger partial charge >= 0.3 is 0 Å². The number of para-hydroxylation sites is 1. The molecule has 3 N–H and O–H groups in total. The highest BCUT2D eigenvalue weighted by atomic mass is 32.2. The van der Waals surface area contributed by atoms with Gasteiger partial charge in [-0.25, -0.2) is 8.42 Å². The Labute approximate surface area is 126 Å². The lowest BCUT2D eigenvalue weighted by molar-refractivity contribution is -0.134. The largest absolute Gasteiger partial charge is 0.398 e. The summed E-state index contributed by atoms with van der Waals surface area (Å²) in [5, 5.41) is 2.07. The molecule has 0 spiro atoms. The van der Waals surface area contributed by atoms with Crippen LogP contribution in [0.25, 0.3) is 0 Å². The van der Waals surface area contributed by atoms with Crippen molar-refractivity contribution < 1.29 is 18.0 Å². The summed E-state index contributed by atoms with van der Waals surface area (Å²) in [5.74, 6) is -1.07. The molecule has 0 saturated carbocycles. The third-order valence-corrected chi connectivity index (χ3v) is 5.94. The van der Waals surface area contributed by atoms with E-state index in [-0.39, 0.29) is 18.8 Å². The van der Waals surface area contributed by atoms with Crippen molar-refractivity contribution in [2.75, 3.05) is 30.3 Å². The number of nitrogens with two attached hydrogens (primary N) is 1. The number of nitrogens with one attached hydrogen (secondary N) is 1. The Bertz CT molecular complexity index is 644. The van der Waals surface area contributed by atoms with Gasteiger partial charge in [-0.1, -0.05) is 12.1 Å². The molecule has 2 amide bonds. The van der Waals surface area contributed by atoms with Gasteiger partial charge in [0.05, 0.1) is 18.8 Å². The molecule has 0 atom stereocenters. The molecule has 0 aliphatic carbocycles. The van der Waals surface area contributed by atoms with E-state index in [0.29, 0.717) is 11.4 Å². The van der Waals surface area contributed by atoms with E-state index in [2.05, 4.69) is 5.32 Å². The molecule has 1 aliphatic heterocycles. The molecule has 1 fully saturated rings. The van der Waals surface area contributed by atoms with Crippen LogP contribution in [0.1, 0.15) is 0 Å². The van der Waals surface area contributed by atoms with Gasteiger partial charge in [-0.15, -0.1) is 11.8 Å². The number of rotatable bonds is 5. The first-order valence-corrected chi connectivity index (χ1v) is 8.76. The van der Waals surface area contributed by atoms with Crippen LogP contribution in [-0.4, -0.2) is 49.1 Å². The number of anilines is 1. The lowest BCUT2D eigenvalue weighted by atomic mass is 10.3. The van der Waals surface area contributed by atoms with Gasteiger partial charge in [-0.2, -0.15) is 4.31 Å². The summed E-state index contributed by atoms with van der Waals surface area (Å²) in [5.41, 5.74) is 6.36. The Balaban J connectivity index is 1.94. The Hall–Kier alpha value is -1.58. The highest BCUT2D eigenvalue weighted by molar-refractivity contribution is 8.00. The summed E-state index contributed by atoms with van der Waals surface area (Å²) < 4.78 is 25.1. The van der Waals surface area contributed by atoms with Crippen LogP contribution in [0.2, 0.25) is 0 Å². The summed E-state index contributed by atoms with van der Waals surface area (Å²) in [6, 6.07) is 7.17. The molecule has 9 heteroatoms. The number of nitrogen functional groups attached to an aromatic ring is 1. The number of nitrogens with zero attached hydrogens (tertiary/aromatic N) is 1. The molecule has 0 aromatic heterocycles. The predicted octanol–water partition coefficient (Wildman–Crippen LogP) is -0.351. The number of thioether (sulfide) groups is 1. The summed E-state index contributed by atoms with van der Waals surface area (Å²) in [6.45, 7) is -0.627. The Kier molecular flexibility index (Phi) is 4.86. The molecule has 1 aromatic carbocycles. The normalized spacial score (nSPS) is 16.8. The number of imide groups is 1.